The van der Waals surface area contributed by atoms with Gasteiger partial charge in [0, 0.05) is 39.2 Å². The van der Waals surface area contributed by atoms with Gasteiger partial charge in [-0.1, -0.05) is 39.7 Å². The number of benzene rings is 3. The molecule has 0 amide bonds. The third kappa shape index (κ3) is 3.34. The van der Waals surface area contributed by atoms with E-state index >= 15 is 0 Å². The molecule has 2 aliphatic heterocycles. The van der Waals surface area contributed by atoms with Crippen LogP contribution in [-0.4, -0.2) is 15.6 Å². The zero-order valence-electron chi connectivity index (χ0n) is 15.5. The molecule has 0 unspecified atom stereocenters. The lowest BCUT2D eigenvalue weighted by Crippen LogP contribution is -2.33. The van der Waals surface area contributed by atoms with Gasteiger partial charge in [-0.2, -0.15) is 5.10 Å². The van der Waals surface area contributed by atoms with Crippen molar-refractivity contribution in [2.45, 2.75) is 18.7 Å². The van der Waals surface area contributed by atoms with Crippen molar-refractivity contribution in [2.24, 2.45) is 5.10 Å². The minimum absolute atomic E-state index is 0.00267. The molecule has 2 heterocycles. The molecule has 5 rings (SSSR count). The van der Waals surface area contributed by atoms with Crippen LogP contribution in [0.1, 0.15) is 35.4 Å². The second-order valence-corrected chi connectivity index (χ2v) is 8.51. The molecular formula is C22H15BrClN3O3. The SMILES string of the molecule is O=[N+]([O-])c1ccc([C@H]2Oc3ccc(Br)cc3[C@@H]3CC(c4ccc(Cl)cc4)=NN23)cc1. The summed E-state index contributed by atoms with van der Waals surface area (Å²) in [7, 11) is 0. The van der Waals surface area contributed by atoms with E-state index in [9.17, 15) is 10.1 Å². The van der Waals surface area contributed by atoms with Crippen LogP contribution in [0.25, 0.3) is 0 Å². The molecule has 150 valence electrons. The molecule has 30 heavy (non-hydrogen) atoms. The van der Waals surface area contributed by atoms with Crippen LogP contribution in [0.5, 0.6) is 5.75 Å². The number of hydrazone groups is 1. The molecule has 0 fully saturated rings. The van der Waals surface area contributed by atoms with Crippen molar-refractivity contribution >= 4 is 38.9 Å². The van der Waals surface area contributed by atoms with Crippen LogP contribution in [0.4, 0.5) is 5.69 Å². The summed E-state index contributed by atoms with van der Waals surface area (Å²) in [4.78, 5) is 10.6. The summed E-state index contributed by atoms with van der Waals surface area (Å²) >= 11 is 9.59. The van der Waals surface area contributed by atoms with Crippen molar-refractivity contribution in [3.63, 3.8) is 0 Å². The fourth-order valence-electron chi connectivity index (χ4n) is 3.86. The molecule has 0 bridgehead atoms. The molecule has 0 N–H and O–H groups in total. The van der Waals surface area contributed by atoms with E-state index in [2.05, 4.69) is 22.0 Å². The predicted molar refractivity (Wildman–Crippen MR) is 118 cm³/mol. The van der Waals surface area contributed by atoms with E-state index in [-0.39, 0.29) is 11.7 Å². The maximum absolute atomic E-state index is 11.0. The maximum atomic E-state index is 11.0. The van der Waals surface area contributed by atoms with Gasteiger partial charge in [0.25, 0.3) is 5.69 Å². The van der Waals surface area contributed by atoms with Gasteiger partial charge in [-0.25, -0.2) is 5.01 Å². The molecule has 2 aliphatic rings. The summed E-state index contributed by atoms with van der Waals surface area (Å²) in [6, 6.07) is 20.0. The Hall–Kier alpha value is -2.90. The molecule has 8 heteroatoms. The number of halogens is 2. The Morgan fingerprint density at radius 3 is 2.53 bits per heavy atom. The van der Waals surface area contributed by atoms with Crippen LogP contribution in [-0.2, 0) is 0 Å². The largest absolute Gasteiger partial charge is 0.464 e. The first-order valence-electron chi connectivity index (χ1n) is 9.32. The highest BCUT2D eigenvalue weighted by atomic mass is 79.9. The van der Waals surface area contributed by atoms with Crippen LogP contribution in [0.3, 0.4) is 0 Å². The van der Waals surface area contributed by atoms with E-state index in [0.29, 0.717) is 5.02 Å². The highest BCUT2D eigenvalue weighted by Gasteiger charge is 2.41. The fourth-order valence-corrected chi connectivity index (χ4v) is 4.36. The molecular weight excluding hydrogens is 470 g/mol. The van der Waals surface area contributed by atoms with Crippen LogP contribution in [0, 0.1) is 10.1 Å². The number of rotatable bonds is 3. The van der Waals surface area contributed by atoms with Crippen molar-refractivity contribution in [3.05, 3.63) is 103 Å². The third-order valence-corrected chi connectivity index (χ3v) is 6.06. The van der Waals surface area contributed by atoms with E-state index in [0.717, 1.165) is 39.0 Å². The number of hydrogen-bond donors (Lipinski definition) is 0. The van der Waals surface area contributed by atoms with Gasteiger partial charge < -0.3 is 4.74 Å². The van der Waals surface area contributed by atoms with Gasteiger partial charge in [0.15, 0.2) is 0 Å². The lowest BCUT2D eigenvalue weighted by Gasteiger charge is -2.38. The molecule has 3 aromatic carbocycles. The molecule has 0 aliphatic carbocycles. The lowest BCUT2D eigenvalue weighted by atomic mass is 9.96. The number of non-ortho nitro benzene ring substituents is 1. The van der Waals surface area contributed by atoms with Crippen LogP contribution < -0.4 is 4.74 Å². The Balaban J connectivity index is 1.57. The summed E-state index contributed by atoms with van der Waals surface area (Å²) in [5, 5.41) is 18.5. The molecule has 0 aromatic heterocycles. The minimum atomic E-state index is -0.478. The first-order chi connectivity index (χ1) is 14.5. The standard InChI is InChI=1S/C22H15BrClN3O3/c23-15-5-10-21-18(11-15)20-12-19(13-1-6-16(24)7-2-13)25-26(20)22(30-21)14-3-8-17(9-4-14)27(28)29/h1-11,20,22H,12H2/t20-,22+/m0/s1. The van der Waals surface area contributed by atoms with Gasteiger partial charge in [-0.15, -0.1) is 0 Å². The molecule has 3 aromatic rings. The predicted octanol–water partition coefficient (Wildman–Crippen LogP) is 6.25. The summed E-state index contributed by atoms with van der Waals surface area (Å²) in [5.41, 5.74) is 3.85. The van der Waals surface area contributed by atoms with Crippen molar-refractivity contribution < 1.29 is 9.66 Å². The van der Waals surface area contributed by atoms with E-state index in [1.807, 2.05) is 41.4 Å². The van der Waals surface area contributed by atoms with Crippen LogP contribution in [0.15, 0.2) is 76.3 Å². The average Bonchev–Trinajstić information content (AvgIpc) is 3.19. The van der Waals surface area contributed by atoms with Gasteiger partial charge in [0.05, 0.1) is 16.7 Å². The molecule has 6 nitrogen and oxygen atoms in total. The highest BCUT2D eigenvalue weighted by molar-refractivity contribution is 9.10. The summed E-state index contributed by atoms with van der Waals surface area (Å²) in [6.07, 6.45) is 0.243. The highest BCUT2D eigenvalue weighted by Crippen LogP contribution is 2.48. The number of nitrogens with zero attached hydrogens (tertiary/aromatic N) is 3. The van der Waals surface area contributed by atoms with E-state index in [4.69, 9.17) is 21.4 Å². The first kappa shape index (κ1) is 19.1. The lowest BCUT2D eigenvalue weighted by molar-refractivity contribution is -0.384. The fraction of sp³-hybridized carbons (Fsp3) is 0.136. The third-order valence-electron chi connectivity index (χ3n) is 5.32. The van der Waals surface area contributed by atoms with Crippen molar-refractivity contribution in [1.82, 2.24) is 5.01 Å². The smallest absolute Gasteiger partial charge is 0.269 e. The molecule has 0 saturated carbocycles. The Bertz CT molecular complexity index is 1170. The number of nitro benzene ring substituents is 1. The van der Waals surface area contributed by atoms with E-state index in [1.165, 1.54) is 12.1 Å². The monoisotopic (exact) mass is 483 g/mol. The van der Waals surface area contributed by atoms with E-state index < -0.39 is 11.2 Å². The second kappa shape index (κ2) is 7.41. The minimum Gasteiger partial charge on any atom is -0.464 e. The molecule has 0 radical (unpaired) electrons. The maximum Gasteiger partial charge on any atom is 0.269 e. The van der Waals surface area contributed by atoms with Gasteiger partial charge in [-0.05, 0) is 48.0 Å². The molecule has 0 saturated heterocycles. The molecule has 0 spiro atoms. The van der Waals surface area contributed by atoms with Crippen molar-refractivity contribution in [3.8, 4) is 5.75 Å². The summed E-state index contributed by atoms with van der Waals surface area (Å²) < 4.78 is 7.27. The summed E-state index contributed by atoms with van der Waals surface area (Å²) in [6.45, 7) is 0. The van der Waals surface area contributed by atoms with Gasteiger partial charge >= 0.3 is 0 Å². The second-order valence-electron chi connectivity index (χ2n) is 7.15. The number of hydrogen-bond acceptors (Lipinski definition) is 5. The summed E-state index contributed by atoms with van der Waals surface area (Å²) in [5.74, 6) is 0.787. The van der Waals surface area contributed by atoms with Gasteiger partial charge in [0.1, 0.15) is 5.75 Å². The Morgan fingerprint density at radius 2 is 1.83 bits per heavy atom. The van der Waals surface area contributed by atoms with Crippen LogP contribution >= 0.6 is 27.5 Å². The Morgan fingerprint density at radius 1 is 1.10 bits per heavy atom. The van der Waals surface area contributed by atoms with Gasteiger partial charge in [0.2, 0.25) is 6.23 Å². The number of ether oxygens (including phenoxy) is 1. The number of fused-ring (bicyclic) bond motifs is 3. The Kier molecular flexibility index (Phi) is 4.72. The van der Waals surface area contributed by atoms with Crippen LogP contribution in [0.2, 0.25) is 5.02 Å². The normalized spacial score (nSPS) is 19.5. The topological polar surface area (TPSA) is 68.0 Å². The van der Waals surface area contributed by atoms with E-state index in [1.54, 1.807) is 12.1 Å². The average molecular weight is 485 g/mol. The van der Waals surface area contributed by atoms with Gasteiger partial charge in [-0.3, -0.25) is 10.1 Å². The van der Waals surface area contributed by atoms with Crippen molar-refractivity contribution in [1.29, 1.82) is 0 Å². The van der Waals surface area contributed by atoms with Crippen molar-refractivity contribution in [2.75, 3.05) is 0 Å². The molecule has 2 atom stereocenters. The zero-order valence-corrected chi connectivity index (χ0v) is 17.9. The zero-order chi connectivity index (χ0) is 20.8. The number of nitro groups is 1. The quantitative estimate of drug-likeness (QED) is 0.325. The Labute approximate surface area is 186 Å². The first-order valence-corrected chi connectivity index (χ1v) is 10.5.